The van der Waals surface area contributed by atoms with E-state index in [1.165, 1.54) is 42.5 Å². The highest BCUT2D eigenvalue weighted by atomic mass is 16.5. The van der Waals surface area contributed by atoms with Crippen LogP contribution in [0.4, 0.5) is 22.4 Å². The highest BCUT2D eigenvalue weighted by molar-refractivity contribution is 5.96. The van der Waals surface area contributed by atoms with Crippen LogP contribution in [-0.4, -0.2) is 69.4 Å². The minimum atomic E-state index is -0.101. The average Bonchev–Trinajstić information content (AvgIpc) is 3.77. The Morgan fingerprint density at radius 2 is 1.61 bits per heavy atom. The zero-order valence-electron chi connectivity index (χ0n) is 25.0. The summed E-state index contributed by atoms with van der Waals surface area (Å²) in [5.74, 6) is 3.10. The van der Waals surface area contributed by atoms with Gasteiger partial charge in [-0.15, -0.1) is 0 Å². The van der Waals surface area contributed by atoms with Gasteiger partial charge in [-0.1, -0.05) is 25.0 Å². The van der Waals surface area contributed by atoms with Crippen LogP contribution in [-0.2, 0) is 17.6 Å². The minimum absolute atomic E-state index is 0.0641. The van der Waals surface area contributed by atoms with E-state index in [-0.39, 0.29) is 30.2 Å². The fourth-order valence-electron chi connectivity index (χ4n) is 6.94. The highest BCUT2D eigenvalue weighted by Crippen LogP contribution is 2.34. The number of hydrogen-bond acceptors (Lipinski definition) is 8. The molecule has 2 amide bonds. The number of amidine groups is 1. The minimum Gasteiger partial charge on any atom is -0.377 e. The molecule has 4 aliphatic rings. The normalized spacial score (nSPS) is 23.4. The molecule has 2 aromatic heterocycles. The van der Waals surface area contributed by atoms with E-state index in [0.717, 1.165) is 49.9 Å². The third-order valence-corrected chi connectivity index (χ3v) is 9.45. The summed E-state index contributed by atoms with van der Waals surface area (Å²) < 4.78 is 5.19. The number of nitrogens with one attached hydrogen (secondary N) is 7. The van der Waals surface area contributed by atoms with E-state index in [1.54, 1.807) is 6.20 Å². The Hall–Kier alpha value is -4.19. The summed E-state index contributed by atoms with van der Waals surface area (Å²) in [6, 6.07) is 10.7. The SMILES string of the molecule is N=C(NC1COC1)c1ccc2c(c1)CC(NC(=O)N[C@H]1CC[C@H](Nc3nccc(Nc4cc(C5CCCC5)[nH]n4)n3)CC1)C2. The van der Waals surface area contributed by atoms with E-state index in [2.05, 4.69) is 64.9 Å². The number of ether oxygens (including phenoxy) is 1. The van der Waals surface area contributed by atoms with Crippen LogP contribution in [0.1, 0.15) is 79.7 Å². The summed E-state index contributed by atoms with van der Waals surface area (Å²) in [5, 5.41) is 32.3. The molecular formula is C32H42N10O2. The predicted molar refractivity (Wildman–Crippen MR) is 169 cm³/mol. The van der Waals surface area contributed by atoms with Crippen molar-refractivity contribution in [1.29, 1.82) is 5.41 Å². The monoisotopic (exact) mass is 598 g/mol. The standard InChI is InChI=1S/C32H42N10O2/c33-30(35-26-17-44-18-26)21-6-5-20-14-25(15-22(20)13-21)38-32(43)37-24-9-7-23(8-10-24)36-31-34-12-11-28(40-31)39-29-16-27(41-42-29)19-3-1-2-4-19/h5-6,11-13,16,19,23-26H,1-4,7-10,14-15,17-18H2,(H2,33,35)(H2,37,38,43)(H3,34,36,39,40,41,42)/t23-,24-,25?. The number of H-pyrrole nitrogens is 1. The number of hydrogen-bond donors (Lipinski definition) is 7. The van der Waals surface area contributed by atoms with Gasteiger partial charge in [0.15, 0.2) is 5.82 Å². The molecule has 2 saturated carbocycles. The van der Waals surface area contributed by atoms with E-state index < -0.39 is 0 Å². The van der Waals surface area contributed by atoms with E-state index in [9.17, 15) is 4.79 Å². The summed E-state index contributed by atoms with van der Waals surface area (Å²) in [5.41, 5.74) is 4.52. The predicted octanol–water partition coefficient (Wildman–Crippen LogP) is 4.10. The van der Waals surface area contributed by atoms with Crippen molar-refractivity contribution in [3.63, 3.8) is 0 Å². The summed E-state index contributed by atoms with van der Waals surface area (Å²) in [6.07, 6.45) is 12.0. The third kappa shape index (κ3) is 6.80. The van der Waals surface area contributed by atoms with Crippen molar-refractivity contribution in [2.75, 3.05) is 23.8 Å². The van der Waals surface area contributed by atoms with Gasteiger partial charge in [0.2, 0.25) is 5.95 Å². The number of amides is 2. The molecule has 3 heterocycles. The molecule has 7 rings (SSSR count). The molecule has 1 aromatic carbocycles. The summed E-state index contributed by atoms with van der Waals surface area (Å²) >= 11 is 0. The van der Waals surface area contributed by atoms with E-state index in [0.29, 0.717) is 36.7 Å². The zero-order valence-corrected chi connectivity index (χ0v) is 25.0. The molecule has 1 atom stereocenters. The maximum Gasteiger partial charge on any atom is 0.315 e. The van der Waals surface area contributed by atoms with E-state index >= 15 is 0 Å². The first kappa shape index (κ1) is 28.6. The Balaban J connectivity index is 0.837. The molecule has 44 heavy (non-hydrogen) atoms. The molecule has 1 saturated heterocycles. The van der Waals surface area contributed by atoms with Crippen LogP contribution in [0.3, 0.4) is 0 Å². The first-order valence-corrected chi connectivity index (χ1v) is 16.1. The summed E-state index contributed by atoms with van der Waals surface area (Å²) in [6.45, 7) is 1.31. The van der Waals surface area contributed by atoms with E-state index in [4.69, 9.17) is 10.1 Å². The number of rotatable bonds is 9. The number of carbonyl (C=O) groups is 1. The second-order valence-electron chi connectivity index (χ2n) is 12.7. The second kappa shape index (κ2) is 12.8. The van der Waals surface area contributed by atoms with Gasteiger partial charge in [0, 0.05) is 47.6 Å². The van der Waals surface area contributed by atoms with Crippen molar-refractivity contribution in [1.82, 2.24) is 36.1 Å². The van der Waals surface area contributed by atoms with Gasteiger partial charge in [-0.05, 0) is 74.6 Å². The smallest absolute Gasteiger partial charge is 0.315 e. The molecule has 0 radical (unpaired) electrons. The molecular weight excluding hydrogens is 556 g/mol. The van der Waals surface area contributed by atoms with Gasteiger partial charge in [0.1, 0.15) is 11.7 Å². The average molecular weight is 599 g/mol. The van der Waals surface area contributed by atoms with Gasteiger partial charge < -0.3 is 31.3 Å². The van der Waals surface area contributed by atoms with Crippen molar-refractivity contribution in [3.05, 3.63) is 58.9 Å². The Morgan fingerprint density at radius 1 is 0.841 bits per heavy atom. The number of anilines is 3. The largest absolute Gasteiger partial charge is 0.377 e. The Kier molecular flexibility index (Phi) is 8.32. The molecule has 3 aromatic rings. The van der Waals surface area contributed by atoms with Crippen LogP contribution in [0.5, 0.6) is 0 Å². The topological polar surface area (TPSA) is 165 Å². The number of aromatic amines is 1. The fraction of sp³-hybridized carbons (Fsp3) is 0.531. The summed E-state index contributed by atoms with van der Waals surface area (Å²) in [4.78, 5) is 21.9. The molecule has 1 unspecified atom stereocenters. The fourth-order valence-corrected chi connectivity index (χ4v) is 6.94. The number of fused-ring (bicyclic) bond motifs is 1. The van der Waals surface area contributed by atoms with Gasteiger partial charge >= 0.3 is 6.03 Å². The first-order chi connectivity index (χ1) is 21.5. The molecule has 0 spiro atoms. The molecule has 12 nitrogen and oxygen atoms in total. The lowest BCUT2D eigenvalue weighted by Crippen LogP contribution is -2.48. The summed E-state index contributed by atoms with van der Waals surface area (Å²) in [7, 11) is 0. The molecule has 232 valence electrons. The van der Waals surface area contributed by atoms with Crippen LogP contribution >= 0.6 is 0 Å². The molecule has 3 fully saturated rings. The molecule has 12 heteroatoms. The van der Waals surface area contributed by atoms with Gasteiger partial charge in [0.05, 0.1) is 19.3 Å². The van der Waals surface area contributed by atoms with Crippen LogP contribution in [0.15, 0.2) is 36.5 Å². The lowest BCUT2D eigenvalue weighted by atomic mass is 9.91. The second-order valence-corrected chi connectivity index (χ2v) is 12.7. The number of benzene rings is 1. The van der Waals surface area contributed by atoms with Crippen molar-refractivity contribution < 1.29 is 9.53 Å². The van der Waals surface area contributed by atoms with Crippen molar-refractivity contribution in [2.24, 2.45) is 0 Å². The number of carbonyl (C=O) groups excluding carboxylic acids is 1. The maximum atomic E-state index is 12.9. The Morgan fingerprint density at radius 3 is 2.41 bits per heavy atom. The Bertz CT molecular complexity index is 1470. The lowest BCUT2D eigenvalue weighted by molar-refractivity contribution is 0.00322. The van der Waals surface area contributed by atoms with Gasteiger partial charge in [-0.3, -0.25) is 10.5 Å². The quantitative estimate of drug-likeness (QED) is 0.143. The van der Waals surface area contributed by atoms with E-state index in [1.807, 2.05) is 12.1 Å². The molecule has 1 aliphatic heterocycles. The Labute approximate surface area is 257 Å². The van der Waals surface area contributed by atoms with Gasteiger partial charge in [-0.25, -0.2) is 9.78 Å². The number of aromatic nitrogens is 4. The zero-order chi connectivity index (χ0) is 29.9. The molecule has 0 bridgehead atoms. The van der Waals surface area contributed by atoms with Gasteiger partial charge in [-0.2, -0.15) is 10.1 Å². The van der Waals surface area contributed by atoms with Crippen LogP contribution in [0.2, 0.25) is 0 Å². The van der Waals surface area contributed by atoms with Crippen LogP contribution in [0.25, 0.3) is 0 Å². The van der Waals surface area contributed by atoms with Crippen LogP contribution < -0.4 is 26.6 Å². The first-order valence-electron chi connectivity index (χ1n) is 16.1. The van der Waals surface area contributed by atoms with Gasteiger partial charge in [0.25, 0.3) is 0 Å². The highest BCUT2D eigenvalue weighted by Gasteiger charge is 2.27. The van der Waals surface area contributed by atoms with Crippen molar-refractivity contribution in [3.8, 4) is 0 Å². The number of nitrogens with zero attached hydrogens (tertiary/aromatic N) is 3. The molecule has 7 N–H and O–H groups in total. The van der Waals surface area contributed by atoms with Crippen molar-refractivity contribution in [2.45, 2.75) is 94.3 Å². The van der Waals surface area contributed by atoms with Crippen LogP contribution in [0, 0.1) is 5.41 Å². The lowest BCUT2D eigenvalue weighted by Gasteiger charge is -2.30. The molecule has 3 aliphatic carbocycles. The maximum absolute atomic E-state index is 12.9. The third-order valence-electron chi connectivity index (χ3n) is 9.45. The number of urea groups is 1. The van der Waals surface area contributed by atoms with Crippen molar-refractivity contribution >= 4 is 29.5 Å².